The third-order valence-corrected chi connectivity index (χ3v) is 6.42. The molecule has 0 spiro atoms. The minimum atomic E-state index is -0.143. The summed E-state index contributed by atoms with van der Waals surface area (Å²) in [6.07, 6.45) is 0.851. The standard InChI is InChI=1S/C20H26ClN5O2/c1-14-22-19(24-23-14)20-7-8-26(18(27)12-28-2)11-16(20)10-25(13-20)9-15-5-3-4-6-17(15)21/h3-6,16H,7-13H2,1-2H3,(H,22,23,24)/t16-,20+/m0/s1. The summed E-state index contributed by atoms with van der Waals surface area (Å²) in [5, 5.41) is 8.31. The minimum Gasteiger partial charge on any atom is -0.375 e. The molecular weight excluding hydrogens is 378 g/mol. The van der Waals surface area contributed by atoms with Crippen LogP contribution in [-0.2, 0) is 21.5 Å². The van der Waals surface area contributed by atoms with Gasteiger partial charge in [-0.2, -0.15) is 5.10 Å². The van der Waals surface area contributed by atoms with Crippen molar-refractivity contribution >= 4 is 17.5 Å². The Hall–Kier alpha value is -1.96. The van der Waals surface area contributed by atoms with Gasteiger partial charge in [-0.15, -0.1) is 0 Å². The number of H-pyrrole nitrogens is 1. The highest BCUT2D eigenvalue weighted by Gasteiger charge is 2.53. The molecule has 2 fully saturated rings. The number of likely N-dealkylation sites (tertiary alicyclic amines) is 2. The Labute approximate surface area is 170 Å². The van der Waals surface area contributed by atoms with Gasteiger partial charge in [-0.1, -0.05) is 29.8 Å². The molecule has 2 aliphatic heterocycles. The van der Waals surface area contributed by atoms with E-state index in [4.69, 9.17) is 16.3 Å². The predicted octanol–water partition coefficient (Wildman–Crippen LogP) is 2.02. The third kappa shape index (κ3) is 3.54. The molecule has 2 atom stereocenters. The van der Waals surface area contributed by atoms with E-state index in [1.807, 2.05) is 30.0 Å². The van der Waals surface area contributed by atoms with Crippen LogP contribution in [0.15, 0.2) is 24.3 Å². The molecule has 4 rings (SSSR count). The zero-order valence-electron chi connectivity index (χ0n) is 16.3. The van der Waals surface area contributed by atoms with Crippen molar-refractivity contribution in [1.29, 1.82) is 0 Å². The van der Waals surface area contributed by atoms with Crippen LogP contribution in [0.2, 0.25) is 5.02 Å². The number of rotatable bonds is 5. The van der Waals surface area contributed by atoms with Gasteiger partial charge in [0.1, 0.15) is 12.4 Å². The first kappa shape index (κ1) is 19.4. The molecule has 2 aromatic rings. The summed E-state index contributed by atoms with van der Waals surface area (Å²) in [4.78, 5) is 21.4. The molecule has 0 radical (unpaired) electrons. The maximum Gasteiger partial charge on any atom is 0.248 e. The Morgan fingerprint density at radius 3 is 2.93 bits per heavy atom. The number of carbonyl (C=O) groups is 1. The van der Waals surface area contributed by atoms with Gasteiger partial charge in [-0.3, -0.25) is 14.8 Å². The first-order chi connectivity index (χ1) is 13.5. The van der Waals surface area contributed by atoms with Crippen LogP contribution in [0.4, 0.5) is 0 Å². The topological polar surface area (TPSA) is 74.3 Å². The summed E-state index contributed by atoms with van der Waals surface area (Å²) in [5.74, 6) is 2.02. The van der Waals surface area contributed by atoms with Crippen LogP contribution in [-0.4, -0.2) is 70.8 Å². The van der Waals surface area contributed by atoms with E-state index in [2.05, 4.69) is 26.1 Å². The molecule has 0 unspecified atom stereocenters. The van der Waals surface area contributed by atoms with Gasteiger partial charge < -0.3 is 9.64 Å². The van der Waals surface area contributed by atoms with E-state index in [9.17, 15) is 4.79 Å². The number of hydrogen-bond donors (Lipinski definition) is 1. The highest BCUT2D eigenvalue weighted by Crippen LogP contribution is 2.44. The number of methoxy groups -OCH3 is 1. The zero-order chi connectivity index (χ0) is 19.7. The van der Waals surface area contributed by atoms with Crippen LogP contribution in [0.3, 0.4) is 0 Å². The lowest BCUT2D eigenvalue weighted by Crippen LogP contribution is -2.52. The Kier molecular flexibility index (Phi) is 5.40. The number of aryl methyl sites for hydroxylation is 1. The molecule has 1 N–H and O–H groups in total. The van der Waals surface area contributed by atoms with Crippen LogP contribution < -0.4 is 0 Å². The molecule has 1 aromatic carbocycles. The quantitative estimate of drug-likeness (QED) is 0.826. The monoisotopic (exact) mass is 403 g/mol. The van der Waals surface area contributed by atoms with E-state index in [1.54, 1.807) is 7.11 Å². The van der Waals surface area contributed by atoms with E-state index in [0.717, 1.165) is 48.3 Å². The smallest absolute Gasteiger partial charge is 0.248 e. The molecular formula is C20H26ClN5O2. The molecule has 7 nitrogen and oxygen atoms in total. The molecule has 0 saturated carbocycles. The normalized spacial score (nSPS) is 25.1. The first-order valence-electron chi connectivity index (χ1n) is 9.64. The largest absolute Gasteiger partial charge is 0.375 e. The number of fused-ring (bicyclic) bond motifs is 1. The number of nitrogens with zero attached hydrogens (tertiary/aromatic N) is 4. The Morgan fingerprint density at radius 1 is 1.39 bits per heavy atom. The molecule has 28 heavy (non-hydrogen) atoms. The van der Waals surface area contributed by atoms with Gasteiger partial charge in [-0.25, -0.2) is 4.98 Å². The maximum atomic E-state index is 12.4. The Morgan fingerprint density at radius 2 is 2.21 bits per heavy atom. The SMILES string of the molecule is COCC(=O)N1CC[C@@]2(c3n[nH]c(C)n3)CN(Cc3ccccc3Cl)C[C@H]2C1. The molecule has 2 aliphatic rings. The summed E-state index contributed by atoms with van der Waals surface area (Å²) in [6, 6.07) is 7.97. The third-order valence-electron chi connectivity index (χ3n) is 6.05. The second-order valence-corrected chi connectivity index (χ2v) is 8.29. The lowest BCUT2D eigenvalue weighted by molar-refractivity contribution is -0.137. The molecule has 0 aliphatic carbocycles. The molecule has 0 bridgehead atoms. The summed E-state index contributed by atoms with van der Waals surface area (Å²) in [6.45, 7) is 6.00. The number of benzene rings is 1. The molecule has 1 aromatic heterocycles. The van der Waals surface area contributed by atoms with Crippen molar-refractivity contribution in [2.45, 2.75) is 25.3 Å². The average Bonchev–Trinajstić information content (AvgIpc) is 3.27. The molecule has 1 amide bonds. The predicted molar refractivity (Wildman–Crippen MR) is 106 cm³/mol. The summed E-state index contributed by atoms with van der Waals surface area (Å²) >= 11 is 6.39. The molecule has 150 valence electrons. The van der Waals surface area contributed by atoms with Crippen LogP contribution in [0, 0.1) is 12.8 Å². The van der Waals surface area contributed by atoms with E-state index in [-0.39, 0.29) is 23.8 Å². The maximum absolute atomic E-state index is 12.4. The van der Waals surface area contributed by atoms with Crippen LogP contribution >= 0.6 is 11.6 Å². The fourth-order valence-corrected chi connectivity index (χ4v) is 4.84. The molecule has 3 heterocycles. The van der Waals surface area contributed by atoms with Crippen molar-refractivity contribution in [3.8, 4) is 0 Å². The summed E-state index contributed by atoms with van der Waals surface area (Å²) in [5.41, 5.74) is 0.979. The van der Waals surface area contributed by atoms with Crippen molar-refractivity contribution in [3.63, 3.8) is 0 Å². The van der Waals surface area contributed by atoms with E-state index < -0.39 is 0 Å². The van der Waals surface area contributed by atoms with E-state index >= 15 is 0 Å². The summed E-state index contributed by atoms with van der Waals surface area (Å²) < 4.78 is 5.05. The fourth-order valence-electron chi connectivity index (χ4n) is 4.65. The second kappa shape index (κ2) is 7.81. The van der Waals surface area contributed by atoms with E-state index in [0.29, 0.717) is 13.1 Å². The number of nitrogens with one attached hydrogen (secondary N) is 1. The van der Waals surface area contributed by atoms with Gasteiger partial charge in [0.25, 0.3) is 0 Å². The van der Waals surface area contributed by atoms with Gasteiger partial charge >= 0.3 is 0 Å². The zero-order valence-corrected chi connectivity index (χ0v) is 17.1. The number of amides is 1. The highest BCUT2D eigenvalue weighted by molar-refractivity contribution is 6.31. The molecule has 2 saturated heterocycles. The first-order valence-corrected chi connectivity index (χ1v) is 10.0. The van der Waals surface area contributed by atoms with Crippen LogP contribution in [0.1, 0.15) is 23.6 Å². The fraction of sp³-hybridized carbons (Fsp3) is 0.550. The highest BCUT2D eigenvalue weighted by atomic mass is 35.5. The lowest BCUT2D eigenvalue weighted by Gasteiger charge is -2.41. The van der Waals surface area contributed by atoms with Crippen LogP contribution in [0.5, 0.6) is 0 Å². The Balaban J connectivity index is 1.59. The second-order valence-electron chi connectivity index (χ2n) is 7.88. The van der Waals surface area contributed by atoms with Gasteiger partial charge in [0.05, 0.1) is 5.41 Å². The average molecular weight is 404 g/mol. The number of piperidine rings is 1. The minimum absolute atomic E-state index is 0.0480. The number of aromatic amines is 1. The van der Waals surface area contributed by atoms with Gasteiger partial charge in [0.2, 0.25) is 5.91 Å². The van der Waals surface area contributed by atoms with Crippen molar-refractivity contribution in [2.75, 3.05) is 39.9 Å². The van der Waals surface area contributed by atoms with Crippen molar-refractivity contribution in [2.24, 2.45) is 5.92 Å². The number of hydrogen-bond acceptors (Lipinski definition) is 5. The van der Waals surface area contributed by atoms with E-state index in [1.165, 1.54) is 0 Å². The van der Waals surface area contributed by atoms with Gasteiger partial charge in [0, 0.05) is 50.8 Å². The van der Waals surface area contributed by atoms with Crippen LogP contribution in [0.25, 0.3) is 0 Å². The van der Waals surface area contributed by atoms with Crippen molar-refractivity contribution < 1.29 is 9.53 Å². The van der Waals surface area contributed by atoms with Gasteiger partial charge in [0.15, 0.2) is 5.82 Å². The van der Waals surface area contributed by atoms with Gasteiger partial charge in [-0.05, 0) is 25.0 Å². The number of carbonyl (C=O) groups excluding carboxylic acids is 1. The van der Waals surface area contributed by atoms with Crippen molar-refractivity contribution in [1.82, 2.24) is 25.0 Å². The molecule has 8 heteroatoms. The lowest BCUT2D eigenvalue weighted by atomic mass is 9.72. The van der Waals surface area contributed by atoms with Crippen molar-refractivity contribution in [3.05, 3.63) is 46.5 Å². The number of halogens is 1. The number of aromatic nitrogens is 3. The Bertz CT molecular complexity index is 857. The number of ether oxygens (including phenoxy) is 1. The summed E-state index contributed by atoms with van der Waals surface area (Å²) in [7, 11) is 1.56.